The zero-order valence-corrected chi connectivity index (χ0v) is 8.56. The molecule has 1 aliphatic heterocycles. The van der Waals surface area contributed by atoms with Crippen LogP contribution in [0.4, 0.5) is 4.79 Å². The van der Waals surface area contributed by atoms with E-state index in [9.17, 15) is 9.59 Å². The third kappa shape index (κ3) is 2.16. The SMILES string of the molecule is CN(C)C(=O)N1CCCC[C@H]1C(=O)O. The topological polar surface area (TPSA) is 60.9 Å². The fourth-order valence-electron chi connectivity index (χ4n) is 1.67. The van der Waals surface area contributed by atoms with Crippen LogP contribution in [-0.4, -0.2) is 53.6 Å². The highest BCUT2D eigenvalue weighted by atomic mass is 16.4. The molecule has 0 unspecified atom stereocenters. The molecule has 0 aromatic heterocycles. The predicted octanol–water partition coefficient (Wildman–Crippen LogP) is 0.607. The lowest BCUT2D eigenvalue weighted by Gasteiger charge is -2.34. The smallest absolute Gasteiger partial charge is 0.326 e. The molecule has 0 aromatic rings. The van der Waals surface area contributed by atoms with Crippen LogP contribution in [0.15, 0.2) is 0 Å². The number of urea groups is 1. The van der Waals surface area contributed by atoms with Gasteiger partial charge in [0, 0.05) is 20.6 Å². The fourth-order valence-corrected chi connectivity index (χ4v) is 1.67. The van der Waals surface area contributed by atoms with Gasteiger partial charge in [0.25, 0.3) is 0 Å². The number of hydrogen-bond acceptors (Lipinski definition) is 2. The van der Waals surface area contributed by atoms with Gasteiger partial charge in [-0.2, -0.15) is 0 Å². The van der Waals surface area contributed by atoms with Crippen molar-refractivity contribution in [2.24, 2.45) is 0 Å². The van der Waals surface area contributed by atoms with E-state index in [1.807, 2.05) is 0 Å². The molecule has 0 radical (unpaired) electrons. The summed E-state index contributed by atoms with van der Waals surface area (Å²) < 4.78 is 0. The molecule has 5 heteroatoms. The van der Waals surface area contributed by atoms with Crippen LogP contribution in [0.25, 0.3) is 0 Å². The monoisotopic (exact) mass is 200 g/mol. The molecule has 1 rings (SSSR count). The zero-order valence-electron chi connectivity index (χ0n) is 8.56. The first-order valence-electron chi connectivity index (χ1n) is 4.74. The summed E-state index contributed by atoms with van der Waals surface area (Å²) in [6, 6.07) is -0.851. The van der Waals surface area contributed by atoms with Crippen LogP contribution in [0.3, 0.4) is 0 Å². The van der Waals surface area contributed by atoms with E-state index in [-0.39, 0.29) is 6.03 Å². The molecule has 1 atom stereocenters. The van der Waals surface area contributed by atoms with E-state index in [0.717, 1.165) is 12.8 Å². The fraction of sp³-hybridized carbons (Fsp3) is 0.778. The van der Waals surface area contributed by atoms with E-state index in [0.29, 0.717) is 13.0 Å². The molecule has 0 saturated carbocycles. The van der Waals surface area contributed by atoms with Gasteiger partial charge < -0.3 is 14.9 Å². The lowest BCUT2D eigenvalue weighted by Crippen LogP contribution is -2.51. The largest absolute Gasteiger partial charge is 0.480 e. The second kappa shape index (κ2) is 4.30. The highest BCUT2D eigenvalue weighted by Gasteiger charge is 2.32. The Morgan fingerprint density at radius 1 is 1.36 bits per heavy atom. The molecule has 0 spiro atoms. The first kappa shape index (κ1) is 10.8. The van der Waals surface area contributed by atoms with E-state index >= 15 is 0 Å². The molecule has 1 aliphatic rings. The Morgan fingerprint density at radius 3 is 2.50 bits per heavy atom. The Morgan fingerprint density at radius 2 is 2.00 bits per heavy atom. The molecule has 0 aliphatic carbocycles. The minimum Gasteiger partial charge on any atom is -0.480 e. The summed E-state index contributed by atoms with van der Waals surface area (Å²) in [5.74, 6) is -0.903. The lowest BCUT2D eigenvalue weighted by atomic mass is 10.0. The summed E-state index contributed by atoms with van der Waals surface area (Å²) in [7, 11) is 3.27. The van der Waals surface area contributed by atoms with Gasteiger partial charge in [0.15, 0.2) is 0 Å². The highest BCUT2D eigenvalue weighted by molar-refractivity contribution is 5.82. The van der Waals surface area contributed by atoms with Gasteiger partial charge in [-0.1, -0.05) is 0 Å². The Kier molecular flexibility index (Phi) is 3.33. The van der Waals surface area contributed by atoms with Gasteiger partial charge in [-0.05, 0) is 19.3 Å². The van der Waals surface area contributed by atoms with E-state index in [1.54, 1.807) is 14.1 Å². The Labute approximate surface area is 83.3 Å². The number of carboxylic acids is 1. The van der Waals surface area contributed by atoms with Crippen molar-refractivity contribution in [2.45, 2.75) is 25.3 Å². The van der Waals surface area contributed by atoms with Crippen molar-refractivity contribution in [2.75, 3.05) is 20.6 Å². The molecule has 5 nitrogen and oxygen atoms in total. The summed E-state index contributed by atoms with van der Waals surface area (Å²) in [5, 5.41) is 8.93. The Hall–Kier alpha value is -1.26. The van der Waals surface area contributed by atoms with Crippen LogP contribution in [0.5, 0.6) is 0 Å². The van der Waals surface area contributed by atoms with Gasteiger partial charge in [0.2, 0.25) is 0 Å². The molecule has 1 N–H and O–H groups in total. The molecule has 14 heavy (non-hydrogen) atoms. The standard InChI is InChI=1S/C9H16N2O3/c1-10(2)9(14)11-6-4-3-5-7(11)8(12)13/h7H,3-6H2,1-2H3,(H,12,13)/t7-/m0/s1. The van der Waals surface area contributed by atoms with Crippen molar-refractivity contribution in [1.82, 2.24) is 9.80 Å². The van der Waals surface area contributed by atoms with Crippen LogP contribution in [0.2, 0.25) is 0 Å². The normalized spacial score (nSPS) is 21.9. The second-order valence-corrected chi connectivity index (χ2v) is 3.72. The first-order valence-corrected chi connectivity index (χ1v) is 4.74. The number of aliphatic carboxylic acids is 1. The highest BCUT2D eigenvalue weighted by Crippen LogP contribution is 2.18. The third-order valence-electron chi connectivity index (χ3n) is 2.42. The molecule has 1 saturated heterocycles. The van der Waals surface area contributed by atoms with Gasteiger partial charge in [-0.15, -0.1) is 0 Å². The molecular weight excluding hydrogens is 184 g/mol. The second-order valence-electron chi connectivity index (χ2n) is 3.72. The van der Waals surface area contributed by atoms with Gasteiger partial charge in [0.1, 0.15) is 6.04 Å². The first-order chi connectivity index (χ1) is 6.54. The number of amides is 2. The predicted molar refractivity (Wildman–Crippen MR) is 51.1 cm³/mol. The number of likely N-dealkylation sites (tertiary alicyclic amines) is 1. The quantitative estimate of drug-likeness (QED) is 0.674. The van der Waals surface area contributed by atoms with Crippen molar-refractivity contribution >= 4 is 12.0 Å². The third-order valence-corrected chi connectivity index (χ3v) is 2.42. The molecule has 80 valence electrons. The van der Waals surface area contributed by atoms with E-state index in [4.69, 9.17) is 5.11 Å². The van der Waals surface area contributed by atoms with Crippen molar-refractivity contribution < 1.29 is 14.7 Å². The number of rotatable bonds is 1. The Bertz CT molecular complexity index is 240. The van der Waals surface area contributed by atoms with E-state index in [1.165, 1.54) is 9.80 Å². The van der Waals surface area contributed by atoms with Crippen LogP contribution < -0.4 is 0 Å². The van der Waals surface area contributed by atoms with Crippen molar-refractivity contribution in [3.8, 4) is 0 Å². The maximum absolute atomic E-state index is 11.6. The van der Waals surface area contributed by atoms with Gasteiger partial charge in [-0.25, -0.2) is 9.59 Å². The average Bonchev–Trinajstić information content (AvgIpc) is 2.16. The van der Waals surface area contributed by atoms with Crippen LogP contribution in [-0.2, 0) is 4.79 Å². The van der Waals surface area contributed by atoms with E-state index < -0.39 is 12.0 Å². The summed E-state index contributed by atoms with van der Waals surface area (Å²) in [4.78, 5) is 25.3. The van der Waals surface area contributed by atoms with Crippen molar-refractivity contribution in [3.05, 3.63) is 0 Å². The number of carbonyl (C=O) groups excluding carboxylic acids is 1. The molecule has 2 amide bonds. The maximum Gasteiger partial charge on any atom is 0.326 e. The average molecular weight is 200 g/mol. The number of carboxylic acid groups (broad SMARTS) is 1. The Balaban J connectivity index is 2.72. The number of hydrogen-bond donors (Lipinski definition) is 1. The summed E-state index contributed by atoms with van der Waals surface area (Å²) >= 11 is 0. The molecule has 0 aromatic carbocycles. The minimum atomic E-state index is -0.903. The van der Waals surface area contributed by atoms with Gasteiger partial charge in [-0.3, -0.25) is 0 Å². The molecule has 1 fully saturated rings. The van der Waals surface area contributed by atoms with Crippen LogP contribution >= 0.6 is 0 Å². The zero-order chi connectivity index (χ0) is 10.7. The van der Waals surface area contributed by atoms with Crippen LogP contribution in [0.1, 0.15) is 19.3 Å². The van der Waals surface area contributed by atoms with E-state index in [2.05, 4.69) is 0 Å². The number of carbonyl (C=O) groups is 2. The van der Waals surface area contributed by atoms with Gasteiger partial charge in [0.05, 0.1) is 0 Å². The van der Waals surface area contributed by atoms with Crippen molar-refractivity contribution in [3.63, 3.8) is 0 Å². The number of piperidine rings is 1. The summed E-state index contributed by atoms with van der Waals surface area (Å²) in [6.45, 7) is 0.550. The maximum atomic E-state index is 11.6. The molecular formula is C9H16N2O3. The lowest BCUT2D eigenvalue weighted by molar-refractivity contribution is -0.143. The molecule has 1 heterocycles. The number of nitrogens with zero attached hydrogens (tertiary/aromatic N) is 2. The minimum absolute atomic E-state index is 0.211. The van der Waals surface area contributed by atoms with Crippen LogP contribution in [0, 0.1) is 0 Å². The summed E-state index contributed by atoms with van der Waals surface area (Å²) in [6.07, 6.45) is 2.34. The molecule has 0 bridgehead atoms. The summed E-state index contributed by atoms with van der Waals surface area (Å²) in [5.41, 5.74) is 0. The van der Waals surface area contributed by atoms with Gasteiger partial charge >= 0.3 is 12.0 Å². The van der Waals surface area contributed by atoms with Crippen molar-refractivity contribution in [1.29, 1.82) is 0 Å².